The lowest BCUT2D eigenvalue weighted by molar-refractivity contribution is -0.114. The molecule has 18 heavy (non-hydrogen) atoms. The number of hydrogen-bond acceptors (Lipinski definition) is 2. The van der Waals surface area contributed by atoms with Gasteiger partial charge in [0.1, 0.15) is 5.75 Å². The summed E-state index contributed by atoms with van der Waals surface area (Å²) in [5, 5.41) is 0. The average Bonchev–Trinajstić information content (AvgIpc) is 2.40. The Balaban J connectivity index is 2.71. The van der Waals surface area contributed by atoms with Crippen LogP contribution in [0.15, 0.2) is 36.9 Å². The Morgan fingerprint density at radius 2 is 2.22 bits per heavy atom. The Bertz CT molecular complexity index is 396. The Kier molecular flexibility index (Phi) is 6.20. The van der Waals surface area contributed by atoms with Crippen molar-refractivity contribution in [2.75, 3.05) is 6.61 Å². The Labute approximate surface area is 110 Å². The van der Waals surface area contributed by atoms with Crippen molar-refractivity contribution in [2.45, 2.75) is 39.0 Å². The SMILES string of the molecule is C=CC(=O)CCC(CC)c1cccc(OCC)c1. The highest BCUT2D eigenvalue weighted by Gasteiger charge is 2.11. The molecule has 0 aliphatic carbocycles. The van der Waals surface area contributed by atoms with E-state index in [2.05, 4.69) is 25.6 Å². The maximum atomic E-state index is 11.3. The zero-order valence-electron chi connectivity index (χ0n) is 11.3. The van der Waals surface area contributed by atoms with Crippen LogP contribution >= 0.6 is 0 Å². The quantitative estimate of drug-likeness (QED) is 0.645. The number of allylic oxidation sites excluding steroid dienone is 1. The van der Waals surface area contributed by atoms with E-state index in [1.807, 2.05) is 19.1 Å². The fourth-order valence-corrected chi connectivity index (χ4v) is 2.05. The zero-order chi connectivity index (χ0) is 13.4. The van der Waals surface area contributed by atoms with Crippen molar-refractivity contribution in [1.29, 1.82) is 0 Å². The summed E-state index contributed by atoms with van der Waals surface area (Å²) in [4.78, 5) is 11.3. The Morgan fingerprint density at radius 1 is 1.44 bits per heavy atom. The molecule has 0 spiro atoms. The van der Waals surface area contributed by atoms with Gasteiger partial charge in [0, 0.05) is 6.42 Å². The molecular weight excluding hydrogens is 224 g/mol. The molecule has 2 heteroatoms. The average molecular weight is 246 g/mol. The van der Waals surface area contributed by atoms with E-state index in [1.54, 1.807) is 0 Å². The van der Waals surface area contributed by atoms with Gasteiger partial charge < -0.3 is 4.74 Å². The van der Waals surface area contributed by atoms with Crippen LogP contribution in [0.4, 0.5) is 0 Å². The summed E-state index contributed by atoms with van der Waals surface area (Å²) in [5.41, 5.74) is 1.25. The first-order chi connectivity index (χ1) is 8.71. The minimum Gasteiger partial charge on any atom is -0.494 e. The van der Waals surface area contributed by atoms with Gasteiger partial charge >= 0.3 is 0 Å². The molecule has 1 rings (SSSR count). The first-order valence-corrected chi connectivity index (χ1v) is 6.59. The maximum absolute atomic E-state index is 11.3. The lowest BCUT2D eigenvalue weighted by Gasteiger charge is -2.15. The number of benzene rings is 1. The molecule has 1 atom stereocenters. The van der Waals surface area contributed by atoms with Crippen molar-refractivity contribution < 1.29 is 9.53 Å². The van der Waals surface area contributed by atoms with E-state index < -0.39 is 0 Å². The smallest absolute Gasteiger partial charge is 0.155 e. The van der Waals surface area contributed by atoms with Gasteiger partial charge in [-0.05, 0) is 49.5 Å². The molecule has 0 amide bonds. The highest BCUT2D eigenvalue weighted by Crippen LogP contribution is 2.27. The van der Waals surface area contributed by atoms with Gasteiger partial charge in [0.15, 0.2) is 5.78 Å². The first kappa shape index (κ1) is 14.5. The maximum Gasteiger partial charge on any atom is 0.155 e. The Morgan fingerprint density at radius 3 is 2.83 bits per heavy atom. The lowest BCUT2D eigenvalue weighted by Crippen LogP contribution is -2.02. The Hall–Kier alpha value is -1.57. The van der Waals surface area contributed by atoms with Crippen molar-refractivity contribution in [3.63, 3.8) is 0 Å². The molecule has 0 fully saturated rings. The van der Waals surface area contributed by atoms with E-state index in [0.717, 1.165) is 18.6 Å². The molecule has 0 aromatic heterocycles. The van der Waals surface area contributed by atoms with Gasteiger partial charge in [0.25, 0.3) is 0 Å². The van der Waals surface area contributed by atoms with Gasteiger partial charge in [-0.1, -0.05) is 25.6 Å². The van der Waals surface area contributed by atoms with E-state index >= 15 is 0 Å². The molecule has 1 unspecified atom stereocenters. The van der Waals surface area contributed by atoms with Crippen LogP contribution < -0.4 is 4.74 Å². The topological polar surface area (TPSA) is 26.3 Å². The van der Waals surface area contributed by atoms with Crippen LogP contribution in [0, 0.1) is 0 Å². The van der Waals surface area contributed by atoms with Crippen LogP contribution in [0.5, 0.6) is 5.75 Å². The number of carbonyl (C=O) groups is 1. The monoisotopic (exact) mass is 246 g/mol. The first-order valence-electron chi connectivity index (χ1n) is 6.59. The van der Waals surface area contributed by atoms with Crippen molar-refractivity contribution in [3.8, 4) is 5.75 Å². The van der Waals surface area contributed by atoms with Gasteiger partial charge in [-0.2, -0.15) is 0 Å². The van der Waals surface area contributed by atoms with E-state index in [4.69, 9.17) is 4.74 Å². The predicted molar refractivity (Wildman–Crippen MR) is 75.1 cm³/mol. The molecule has 0 heterocycles. The number of ketones is 1. The minimum atomic E-state index is 0.120. The molecule has 0 bridgehead atoms. The number of hydrogen-bond donors (Lipinski definition) is 0. The molecule has 0 aliphatic heterocycles. The van der Waals surface area contributed by atoms with Crippen LogP contribution in [0.3, 0.4) is 0 Å². The van der Waals surface area contributed by atoms with Crippen LogP contribution in [-0.2, 0) is 4.79 Å². The third kappa shape index (κ3) is 4.36. The van der Waals surface area contributed by atoms with E-state index in [9.17, 15) is 4.79 Å². The second kappa shape index (κ2) is 7.70. The highest BCUT2D eigenvalue weighted by atomic mass is 16.5. The standard InChI is InChI=1S/C16H22O2/c1-4-13(10-11-15(17)5-2)14-8-7-9-16(12-14)18-6-3/h5,7-9,12-13H,2,4,6,10-11H2,1,3H3. The second-order valence-electron chi connectivity index (χ2n) is 4.32. The normalized spacial score (nSPS) is 11.9. The van der Waals surface area contributed by atoms with Crippen LogP contribution in [-0.4, -0.2) is 12.4 Å². The minimum absolute atomic E-state index is 0.120. The molecule has 0 N–H and O–H groups in total. The molecule has 2 nitrogen and oxygen atoms in total. The highest BCUT2D eigenvalue weighted by molar-refractivity contribution is 5.88. The molecule has 0 radical (unpaired) electrons. The summed E-state index contributed by atoms with van der Waals surface area (Å²) >= 11 is 0. The fourth-order valence-electron chi connectivity index (χ4n) is 2.05. The molecule has 1 aromatic carbocycles. The number of carbonyl (C=O) groups excluding carboxylic acids is 1. The lowest BCUT2D eigenvalue weighted by atomic mass is 9.91. The fraction of sp³-hybridized carbons (Fsp3) is 0.438. The molecule has 98 valence electrons. The van der Waals surface area contributed by atoms with Gasteiger partial charge in [-0.15, -0.1) is 0 Å². The number of rotatable bonds is 8. The van der Waals surface area contributed by atoms with Gasteiger partial charge in [0.05, 0.1) is 6.61 Å². The van der Waals surface area contributed by atoms with Crippen molar-refractivity contribution in [1.82, 2.24) is 0 Å². The predicted octanol–water partition coefficient (Wildman–Crippen LogP) is 4.11. The van der Waals surface area contributed by atoms with Gasteiger partial charge in [0.2, 0.25) is 0 Å². The third-order valence-corrected chi connectivity index (χ3v) is 3.10. The second-order valence-corrected chi connectivity index (χ2v) is 4.32. The van der Waals surface area contributed by atoms with Crippen LogP contribution in [0.25, 0.3) is 0 Å². The van der Waals surface area contributed by atoms with E-state index in [1.165, 1.54) is 11.6 Å². The molecule has 0 saturated carbocycles. The van der Waals surface area contributed by atoms with E-state index in [0.29, 0.717) is 18.9 Å². The summed E-state index contributed by atoms with van der Waals surface area (Å²) in [6.45, 7) is 8.31. The third-order valence-electron chi connectivity index (χ3n) is 3.10. The van der Waals surface area contributed by atoms with Crippen molar-refractivity contribution >= 4 is 5.78 Å². The van der Waals surface area contributed by atoms with Crippen molar-refractivity contribution in [3.05, 3.63) is 42.5 Å². The molecule has 0 saturated heterocycles. The van der Waals surface area contributed by atoms with Crippen molar-refractivity contribution in [2.24, 2.45) is 0 Å². The van der Waals surface area contributed by atoms with Crippen LogP contribution in [0.2, 0.25) is 0 Å². The largest absolute Gasteiger partial charge is 0.494 e. The zero-order valence-corrected chi connectivity index (χ0v) is 11.3. The van der Waals surface area contributed by atoms with Crippen LogP contribution in [0.1, 0.15) is 44.6 Å². The molecule has 0 aliphatic rings. The molecular formula is C16H22O2. The summed E-state index contributed by atoms with van der Waals surface area (Å²) in [6.07, 6.45) is 3.88. The molecule has 1 aromatic rings. The summed E-state index contributed by atoms with van der Waals surface area (Å²) in [7, 11) is 0. The summed E-state index contributed by atoms with van der Waals surface area (Å²) in [6, 6.07) is 8.16. The van der Waals surface area contributed by atoms with Gasteiger partial charge in [-0.3, -0.25) is 4.79 Å². The summed E-state index contributed by atoms with van der Waals surface area (Å²) in [5.74, 6) is 1.44. The van der Waals surface area contributed by atoms with E-state index in [-0.39, 0.29) is 5.78 Å². The number of ether oxygens (including phenoxy) is 1. The summed E-state index contributed by atoms with van der Waals surface area (Å²) < 4.78 is 5.50. The van der Waals surface area contributed by atoms with Gasteiger partial charge in [-0.25, -0.2) is 0 Å².